The fourth-order valence-corrected chi connectivity index (χ4v) is 3.44. The summed E-state index contributed by atoms with van der Waals surface area (Å²) in [6.07, 6.45) is -1.09. The minimum absolute atomic E-state index is 0.126. The highest BCUT2D eigenvalue weighted by atomic mass is 32.2. The normalized spacial score (nSPS) is 18.8. The van der Waals surface area contributed by atoms with Crippen molar-refractivity contribution >= 4 is 23.4 Å². The standard InChI is InChI=1S/C15H11F3N2OS/c16-15(17,18)11-3-5-12(6-4-11)20-13(21)9-22-14(20)10-2-1-7-19-8-10/h1-8,14H,9H2/t14-/m1/s1. The molecule has 1 fully saturated rings. The van der Waals surface area contributed by atoms with Gasteiger partial charge < -0.3 is 0 Å². The van der Waals surface area contributed by atoms with Gasteiger partial charge in [0.2, 0.25) is 5.91 Å². The molecule has 0 aliphatic carbocycles. The van der Waals surface area contributed by atoms with Crippen LogP contribution in [-0.2, 0) is 11.0 Å². The predicted molar refractivity (Wildman–Crippen MR) is 78.4 cm³/mol. The Morgan fingerprint density at radius 1 is 1.18 bits per heavy atom. The predicted octanol–water partition coefficient (Wildman–Crippen LogP) is 3.88. The second-order valence-corrected chi connectivity index (χ2v) is 5.83. The lowest BCUT2D eigenvalue weighted by atomic mass is 10.1. The van der Waals surface area contributed by atoms with Crippen molar-refractivity contribution in [2.24, 2.45) is 0 Å². The van der Waals surface area contributed by atoms with Crippen molar-refractivity contribution in [1.29, 1.82) is 0 Å². The van der Waals surface area contributed by atoms with Crippen LogP contribution in [-0.4, -0.2) is 16.6 Å². The third-order valence-electron chi connectivity index (χ3n) is 3.31. The number of nitrogens with zero attached hydrogens (tertiary/aromatic N) is 2. The molecule has 0 N–H and O–H groups in total. The maximum absolute atomic E-state index is 12.6. The molecule has 2 aromatic rings. The molecule has 1 saturated heterocycles. The van der Waals surface area contributed by atoms with Gasteiger partial charge in [0.05, 0.1) is 11.3 Å². The Labute approximate surface area is 129 Å². The van der Waals surface area contributed by atoms with E-state index >= 15 is 0 Å². The van der Waals surface area contributed by atoms with Gasteiger partial charge in [-0.3, -0.25) is 14.7 Å². The summed E-state index contributed by atoms with van der Waals surface area (Å²) in [6.45, 7) is 0. The van der Waals surface area contributed by atoms with Gasteiger partial charge in [0.1, 0.15) is 5.37 Å². The molecule has 2 heterocycles. The van der Waals surface area contributed by atoms with Crippen LogP contribution in [0.2, 0.25) is 0 Å². The number of amides is 1. The van der Waals surface area contributed by atoms with Gasteiger partial charge in [-0.05, 0) is 30.3 Å². The summed E-state index contributed by atoms with van der Waals surface area (Å²) in [5.41, 5.74) is 0.573. The van der Waals surface area contributed by atoms with E-state index in [2.05, 4.69) is 4.98 Å². The van der Waals surface area contributed by atoms with E-state index in [-0.39, 0.29) is 11.3 Å². The molecule has 3 nitrogen and oxygen atoms in total. The highest BCUT2D eigenvalue weighted by Gasteiger charge is 2.35. The van der Waals surface area contributed by atoms with Crippen molar-refractivity contribution < 1.29 is 18.0 Å². The van der Waals surface area contributed by atoms with E-state index in [1.54, 1.807) is 18.5 Å². The molecule has 1 amide bonds. The first-order valence-corrected chi connectivity index (χ1v) is 7.52. The second kappa shape index (κ2) is 5.64. The highest BCUT2D eigenvalue weighted by Crippen LogP contribution is 2.42. The smallest absolute Gasteiger partial charge is 0.295 e. The average Bonchev–Trinajstić information content (AvgIpc) is 2.89. The summed E-state index contributed by atoms with van der Waals surface area (Å²) in [4.78, 5) is 17.6. The molecule has 1 aromatic carbocycles. The van der Waals surface area contributed by atoms with E-state index in [1.165, 1.54) is 28.8 Å². The monoisotopic (exact) mass is 324 g/mol. The van der Waals surface area contributed by atoms with E-state index in [0.29, 0.717) is 11.4 Å². The number of anilines is 1. The van der Waals surface area contributed by atoms with Crippen molar-refractivity contribution in [3.05, 3.63) is 59.9 Å². The molecular weight excluding hydrogens is 313 g/mol. The lowest BCUT2D eigenvalue weighted by Gasteiger charge is -2.24. The molecule has 1 aliphatic rings. The molecule has 1 aromatic heterocycles. The van der Waals surface area contributed by atoms with Crippen LogP contribution in [0.25, 0.3) is 0 Å². The molecular formula is C15H11F3N2OS. The first-order valence-electron chi connectivity index (χ1n) is 6.47. The number of hydrogen-bond acceptors (Lipinski definition) is 3. The maximum atomic E-state index is 12.6. The van der Waals surface area contributed by atoms with E-state index in [4.69, 9.17) is 0 Å². The Balaban J connectivity index is 1.93. The Hall–Kier alpha value is -2.02. The lowest BCUT2D eigenvalue weighted by Crippen LogP contribution is -2.27. The van der Waals surface area contributed by atoms with Crippen LogP contribution in [0.15, 0.2) is 48.8 Å². The zero-order valence-electron chi connectivity index (χ0n) is 11.2. The average molecular weight is 324 g/mol. The molecule has 3 rings (SSSR count). The number of carbonyl (C=O) groups is 1. The zero-order valence-corrected chi connectivity index (χ0v) is 12.1. The van der Waals surface area contributed by atoms with Gasteiger partial charge in [-0.15, -0.1) is 11.8 Å². The minimum Gasteiger partial charge on any atom is -0.295 e. The molecule has 114 valence electrons. The van der Waals surface area contributed by atoms with E-state index < -0.39 is 11.7 Å². The first kappa shape index (κ1) is 14.9. The fraction of sp³-hybridized carbons (Fsp3) is 0.200. The number of aromatic nitrogens is 1. The van der Waals surface area contributed by atoms with Crippen LogP contribution in [0.4, 0.5) is 18.9 Å². The third-order valence-corrected chi connectivity index (χ3v) is 4.52. The zero-order chi connectivity index (χ0) is 15.7. The number of hydrogen-bond donors (Lipinski definition) is 0. The maximum Gasteiger partial charge on any atom is 0.416 e. The Bertz CT molecular complexity index is 673. The van der Waals surface area contributed by atoms with Crippen molar-refractivity contribution in [2.45, 2.75) is 11.6 Å². The molecule has 1 atom stereocenters. The summed E-state index contributed by atoms with van der Waals surface area (Å²) in [5.74, 6) is 0.166. The van der Waals surface area contributed by atoms with Gasteiger partial charge in [0, 0.05) is 23.6 Å². The number of carbonyl (C=O) groups excluding carboxylic acids is 1. The third kappa shape index (κ3) is 2.81. The van der Waals surface area contributed by atoms with Gasteiger partial charge in [-0.1, -0.05) is 6.07 Å². The number of alkyl halides is 3. The SMILES string of the molecule is O=C1CS[C@H](c2cccnc2)N1c1ccc(C(F)(F)F)cc1. The largest absolute Gasteiger partial charge is 0.416 e. The fourth-order valence-electron chi connectivity index (χ4n) is 2.28. The van der Waals surface area contributed by atoms with Crippen LogP contribution in [0, 0.1) is 0 Å². The van der Waals surface area contributed by atoms with Crippen LogP contribution in [0.1, 0.15) is 16.5 Å². The summed E-state index contributed by atoms with van der Waals surface area (Å²) in [5, 5.41) is -0.266. The van der Waals surface area contributed by atoms with Crippen LogP contribution < -0.4 is 4.90 Å². The van der Waals surface area contributed by atoms with Gasteiger partial charge in [-0.2, -0.15) is 13.2 Å². The summed E-state index contributed by atoms with van der Waals surface area (Å²) in [7, 11) is 0. The number of benzene rings is 1. The van der Waals surface area contributed by atoms with Crippen LogP contribution >= 0.6 is 11.8 Å². The Kier molecular flexibility index (Phi) is 3.82. The van der Waals surface area contributed by atoms with Gasteiger partial charge >= 0.3 is 6.18 Å². The molecule has 7 heteroatoms. The number of pyridine rings is 1. The molecule has 0 spiro atoms. The van der Waals surface area contributed by atoms with Gasteiger partial charge in [0.15, 0.2) is 0 Å². The van der Waals surface area contributed by atoms with Crippen molar-refractivity contribution in [2.75, 3.05) is 10.7 Å². The van der Waals surface area contributed by atoms with E-state index in [0.717, 1.165) is 17.7 Å². The molecule has 0 radical (unpaired) electrons. The topological polar surface area (TPSA) is 33.2 Å². The Morgan fingerprint density at radius 3 is 2.50 bits per heavy atom. The first-order chi connectivity index (χ1) is 10.5. The molecule has 0 bridgehead atoms. The van der Waals surface area contributed by atoms with Crippen LogP contribution in [0.5, 0.6) is 0 Å². The van der Waals surface area contributed by atoms with E-state index in [9.17, 15) is 18.0 Å². The Morgan fingerprint density at radius 2 is 1.91 bits per heavy atom. The summed E-state index contributed by atoms with van der Waals surface area (Å²) in [6, 6.07) is 8.26. The van der Waals surface area contributed by atoms with Crippen molar-refractivity contribution in [1.82, 2.24) is 4.98 Å². The van der Waals surface area contributed by atoms with Gasteiger partial charge in [0.25, 0.3) is 0 Å². The van der Waals surface area contributed by atoms with Crippen molar-refractivity contribution in [3.8, 4) is 0 Å². The molecule has 22 heavy (non-hydrogen) atoms. The molecule has 1 aliphatic heterocycles. The van der Waals surface area contributed by atoms with Crippen molar-refractivity contribution in [3.63, 3.8) is 0 Å². The number of rotatable bonds is 2. The number of thioether (sulfide) groups is 1. The summed E-state index contributed by atoms with van der Waals surface area (Å²) < 4.78 is 37.9. The number of halogens is 3. The second-order valence-electron chi connectivity index (χ2n) is 4.76. The highest BCUT2D eigenvalue weighted by molar-refractivity contribution is 8.00. The summed E-state index contributed by atoms with van der Waals surface area (Å²) >= 11 is 1.43. The molecule has 0 unspecified atom stereocenters. The van der Waals surface area contributed by atoms with E-state index in [1.807, 2.05) is 6.07 Å². The quantitative estimate of drug-likeness (QED) is 0.840. The molecule has 0 saturated carbocycles. The minimum atomic E-state index is -4.38. The lowest BCUT2D eigenvalue weighted by molar-refractivity contribution is -0.137. The van der Waals surface area contributed by atoms with Crippen LogP contribution in [0.3, 0.4) is 0 Å². The van der Waals surface area contributed by atoms with Gasteiger partial charge in [-0.25, -0.2) is 0 Å².